The number of Topliss-reactive ketones (excluding diaryl/α,β-unsaturated/α-hetero) is 1. The minimum absolute atomic E-state index is 0.0956. The summed E-state index contributed by atoms with van der Waals surface area (Å²) < 4.78 is 14.5. The summed E-state index contributed by atoms with van der Waals surface area (Å²) >= 11 is 0. The molecule has 0 bridgehead atoms. The number of aromatic nitrogens is 1. The summed E-state index contributed by atoms with van der Waals surface area (Å²) in [6.45, 7) is 6.05. The number of nitrogens with one attached hydrogen (secondary N) is 2. The van der Waals surface area contributed by atoms with Crippen molar-refractivity contribution in [2.45, 2.75) is 51.1 Å². The second-order valence-electron chi connectivity index (χ2n) is 7.89. The van der Waals surface area contributed by atoms with Crippen LogP contribution in [0.2, 0.25) is 0 Å². The predicted octanol–water partition coefficient (Wildman–Crippen LogP) is 4.24. The molecular formula is C23H26FN3O. The number of ketones is 1. The number of benzene rings is 1. The van der Waals surface area contributed by atoms with E-state index in [0.717, 1.165) is 24.1 Å². The van der Waals surface area contributed by atoms with Crippen LogP contribution >= 0.6 is 0 Å². The van der Waals surface area contributed by atoms with Crippen molar-refractivity contribution in [3.8, 4) is 11.3 Å². The summed E-state index contributed by atoms with van der Waals surface area (Å²) in [5.74, 6) is -0.476. The molecule has 2 aliphatic carbocycles. The van der Waals surface area contributed by atoms with Gasteiger partial charge in [0.25, 0.3) is 0 Å². The minimum Gasteiger partial charge on any atom is -0.382 e. The lowest BCUT2D eigenvalue weighted by Gasteiger charge is -2.28. The Hall–Kier alpha value is -2.53. The Morgan fingerprint density at radius 2 is 1.96 bits per heavy atom. The third-order valence-corrected chi connectivity index (χ3v) is 5.67. The summed E-state index contributed by atoms with van der Waals surface area (Å²) in [5.41, 5.74) is 3.98. The van der Waals surface area contributed by atoms with Gasteiger partial charge in [0.05, 0.1) is 12.2 Å². The molecule has 1 aromatic carbocycles. The summed E-state index contributed by atoms with van der Waals surface area (Å²) in [6.07, 6.45) is 7.59. The van der Waals surface area contributed by atoms with Gasteiger partial charge in [-0.3, -0.25) is 9.78 Å². The van der Waals surface area contributed by atoms with E-state index in [1.807, 2.05) is 12.1 Å². The van der Waals surface area contributed by atoms with Gasteiger partial charge in [-0.2, -0.15) is 0 Å². The fraction of sp³-hybridized carbons (Fsp3) is 0.391. The van der Waals surface area contributed by atoms with E-state index < -0.39 is 0 Å². The number of carbonyl (C=O) groups excluding carboxylic acids is 1. The largest absolute Gasteiger partial charge is 0.382 e. The van der Waals surface area contributed by atoms with Crippen molar-refractivity contribution >= 4 is 11.5 Å². The minimum atomic E-state index is -0.380. The Morgan fingerprint density at radius 1 is 1.18 bits per heavy atom. The zero-order chi connectivity index (χ0) is 19.7. The van der Waals surface area contributed by atoms with Crippen LogP contribution in [0.4, 0.5) is 4.39 Å². The van der Waals surface area contributed by atoms with Gasteiger partial charge >= 0.3 is 0 Å². The van der Waals surface area contributed by atoms with Crippen LogP contribution in [-0.2, 0) is 0 Å². The highest BCUT2D eigenvalue weighted by molar-refractivity contribution is 5.99. The van der Waals surface area contributed by atoms with Crippen molar-refractivity contribution in [3.63, 3.8) is 0 Å². The van der Waals surface area contributed by atoms with Gasteiger partial charge in [0.15, 0.2) is 5.78 Å². The molecule has 146 valence electrons. The fourth-order valence-electron chi connectivity index (χ4n) is 3.35. The monoisotopic (exact) mass is 379 g/mol. The molecule has 4 nitrogen and oxygen atoms in total. The van der Waals surface area contributed by atoms with Crippen LogP contribution in [0.1, 0.15) is 53.6 Å². The normalized spacial score (nSPS) is 16.5. The standard InChI is InChI=1S/C23H26FN3O/c1-14-20(10-17(11-21(14)24)23(28)13-25-18-7-8-18)22-9-6-16(12-26-22)15(2)27-19-4-3-5-19/h6,9-12,18-19,25,27H,2-5,7-8,13H2,1H3. The molecule has 28 heavy (non-hydrogen) atoms. The smallest absolute Gasteiger partial charge is 0.176 e. The molecule has 0 aliphatic heterocycles. The maximum atomic E-state index is 14.5. The Morgan fingerprint density at radius 3 is 2.57 bits per heavy atom. The maximum Gasteiger partial charge on any atom is 0.176 e. The van der Waals surface area contributed by atoms with Gasteiger partial charge in [-0.05, 0) is 68.9 Å². The molecule has 0 spiro atoms. The van der Waals surface area contributed by atoms with Crippen molar-refractivity contribution < 1.29 is 9.18 Å². The molecule has 0 unspecified atom stereocenters. The lowest BCUT2D eigenvalue weighted by atomic mass is 9.92. The van der Waals surface area contributed by atoms with Gasteiger partial charge in [-0.1, -0.05) is 6.58 Å². The van der Waals surface area contributed by atoms with Gasteiger partial charge < -0.3 is 10.6 Å². The number of halogens is 1. The van der Waals surface area contributed by atoms with E-state index in [9.17, 15) is 9.18 Å². The molecule has 1 aromatic heterocycles. The Bertz CT molecular complexity index is 899. The first-order valence-electron chi connectivity index (χ1n) is 10.00. The van der Waals surface area contributed by atoms with Gasteiger partial charge in [-0.25, -0.2) is 4.39 Å². The highest BCUT2D eigenvalue weighted by Crippen LogP contribution is 2.27. The van der Waals surface area contributed by atoms with Crippen LogP contribution in [-0.4, -0.2) is 29.4 Å². The van der Waals surface area contributed by atoms with E-state index in [-0.39, 0.29) is 18.1 Å². The molecule has 5 heteroatoms. The highest BCUT2D eigenvalue weighted by atomic mass is 19.1. The lowest BCUT2D eigenvalue weighted by molar-refractivity contribution is 0.0990. The first kappa shape index (κ1) is 18.8. The average Bonchev–Trinajstić information content (AvgIpc) is 3.49. The van der Waals surface area contributed by atoms with Gasteiger partial charge in [-0.15, -0.1) is 0 Å². The van der Waals surface area contributed by atoms with Gasteiger partial charge in [0.2, 0.25) is 0 Å². The van der Waals surface area contributed by atoms with E-state index in [1.54, 1.807) is 19.2 Å². The number of pyridine rings is 1. The Labute approximate surface area is 165 Å². The topological polar surface area (TPSA) is 54.0 Å². The quantitative estimate of drug-likeness (QED) is 0.674. The van der Waals surface area contributed by atoms with Crippen LogP contribution in [0.3, 0.4) is 0 Å². The number of carbonyl (C=O) groups is 1. The third-order valence-electron chi connectivity index (χ3n) is 5.67. The zero-order valence-electron chi connectivity index (χ0n) is 16.2. The van der Waals surface area contributed by atoms with E-state index >= 15 is 0 Å². The summed E-state index contributed by atoms with van der Waals surface area (Å²) in [6, 6.07) is 7.83. The van der Waals surface area contributed by atoms with E-state index in [4.69, 9.17) is 0 Å². The van der Waals surface area contributed by atoms with E-state index in [2.05, 4.69) is 22.2 Å². The molecule has 0 saturated heterocycles. The molecule has 0 atom stereocenters. The van der Waals surface area contributed by atoms with Gasteiger partial charge in [0, 0.05) is 40.7 Å². The summed E-state index contributed by atoms with van der Waals surface area (Å²) in [5, 5.41) is 6.61. The van der Waals surface area contributed by atoms with Gasteiger partial charge in [0.1, 0.15) is 5.82 Å². The van der Waals surface area contributed by atoms with Crippen molar-refractivity contribution in [3.05, 3.63) is 59.5 Å². The Kier molecular flexibility index (Phi) is 5.27. The number of rotatable bonds is 8. The first-order chi connectivity index (χ1) is 13.5. The summed E-state index contributed by atoms with van der Waals surface area (Å²) in [4.78, 5) is 16.9. The van der Waals surface area contributed by atoms with Crippen LogP contribution in [0.25, 0.3) is 17.0 Å². The number of hydrogen-bond donors (Lipinski definition) is 2. The zero-order valence-corrected chi connectivity index (χ0v) is 16.2. The van der Waals surface area contributed by atoms with Crippen molar-refractivity contribution in [1.82, 2.24) is 15.6 Å². The molecule has 2 aliphatic rings. The predicted molar refractivity (Wildman–Crippen MR) is 110 cm³/mol. The van der Waals surface area contributed by atoms with Crippen molar-refractivity contribution in [2.75, 3.05) is 6.54 Å². The van der Waals surface area contributed by atoms with Crippen LogP contribution < -0.4 is 10.6 Å². The number of hydrogen-bond acceptors (Lipinski definition) is 4. The molecule has 2 N–H and O–H groups in total. The van der Waals surface area contributed by atoms with Crippen molar-refractivity contribution in [2.24, 2.45) is 0 Å². The first-order valence-corrected chi connectivity index (χ1v) is 10.00. The molecule has 4 rings (SSSR count). The SMILES string of the molecule is C=C(NC1CCC1)c1ccc(-c2cc(C(=O)CNC3CC3)cc(F)c2C)nc1. The molecule has 0 radical (unpaired) electrons. The van der Waals surface area contributed by atoms with Crippen LogP contribution in [0.15, 0.2) is 37.0 Å². The molecule has 1 heterocycles. The number of nitrogens with zero attached hydrogens (tertiary/aromatic N) is 1. The third kappa shape index (κ3) is 4.14. The Balaban J connectivity index is 1.53. The second kappa shape index (κ2) is 7.84. The fourth-order valence-corrected chi connectivity index (χ4v) is 3.35. The second-order valence-corrected chi connectivity index (χ2v) is 7.89. The highest BCUT2D eigenvalue weighted by Gasteiger charge is 2.22. The molecular weight excluding hydrogens is 353 g/mol. The molecule has 2 fully saturated rings. The molecule has 2 saturated carbocycles. The van der Waals surface area contributed by atoms with Crippen LogP contribution in [0, 0.1) is 12.7 Å². The summed E-state index contributed by atoms with van der Waals surface area (Å²) in [7, 11) is 0. The van der Waals surface area contributed by atoms with Crippen LogP contribution in [0.5, 0.6) is 0 Å². The van der Waals surface area contributed by atoms with E-state index in [0.29, 0.717) is 34.5 Å². The average molecular weight is 379 g/mol. The molecule has 0 amide bonds. The van der Waals surface area contributed by atoms with Crippen molar-refractivity contribution in [1.29, 1.82) is 0 Å². The maximum absolute atomic E-state index is 14.5. The van der Waals surface area contributed by atoms with E-state index in [1.165, 1.54) is 25.3 Å². The molecule has 2 aromatic rings. The lowest BCUT2D eigenvalue weighted by Crippen LogP contribution is -2.33.